The summed E-state index contributed by atoms with van der Waals surface area (Å²) in [6.07, 6.45) is -0.854. The maximum absolute atomic E-state index is 12.5. The molecule has 0 unspecified atom stereocenters. The number of nitrogens with one attached hydrogen (secondary N) is 2. The van der Waals surface area contributed by atoms with E-state index in [9.17, 15) is 32.7 Å². The highest BCUT2D eigenvalue weighted by Crippen LogP contribution is 2.40. The van der Waals surface area contributed by atoms with Crippen molar-refractivity contribution in [1.29, 1.82) is 0 Å². The maximum atomic E-state index is 12.5. The molecule has 16 nitrogen and oxygen atoms in total. The molecule has 0 aromatic heterocycles. The molecule has 5 N–H and O–H groups in total. The molecule has 1 aromatic rings. The van der Waals surface area contributed by atoms with Crippen molar-refractivity contribution in [2.24, 2.45) is 5.50 Å². The molecule has 2 atom stereocenters. The molecule has 1 aliphatic heterocycles. The van der Waals surface area contributed by atoms with Crippen molar-refractivity contribution in [2.45, 2.75) is 25.5 Å². The fraction of sp³-hybridized carbons (Fsp3) is 0.467. The molecule has 33 heavy (non-hydrogen) atoms. The number of hydrogen-bond donors (Lipinski definition) is 4. The Hall–Kier alpha value is -2.98. The molecule has 2 amide bonds. The first-order chi connectivity index (χ1) is 15.3. The Morgan fingerprint density at radius 1 is 1.36 bits per heavy atom. The number of piperidine rings is 1. The lowest BCUT2D eigenvalue weighted by molar-refractivity contribution is -0.385. The van der Waals surface area contributed by atoms with Gasteiger partial charge in [-0.3, -0.25) is 34.2 Å². The van der Waals surface area contributed by atoms with Gasteiger partial charge >= 0.3 is 24.0 Å². The molecule has 0 bridgehead atoms. The van der Waals surface area contributed by atoms with Gasteiger partial charge in [0.2, 0.25) is 0 Å². The Balaban J connectivity index is 2.10. The van der Waals surface area contributed by atoms with Crippen LogP contribution in [0.1, 0.15) is 18.4 Å². The third kappa shape index (κ3) is 6.75. The number of rotatable bonds is 9. The number of alkyl carbamates (subject to hydrolysis) is 1. The van der Waals surface area contributed by atoms with E-state index in [1.165, 1.54) is 24.8 Å². The summed E-state index contributed by atoms with van der Waals surface area (Å²) in [4.78, 5) is 35.3. The van der Waals surface area contributed by atoms with E-state index in [2.05, 4.69) is 5.32 Å². The second-order valence-corrected chi connectivity index (χ2v) is 10.1. The normalized spacial score (nSPS) is 18.2. The topological polar surface area (TPSA) is 230 Å². The fourth-order valence-electron chi connectivity index (χ4n) is 3.03. The third-order valence-electron chi connectivity index (χ3n) is 4.45. The summed E-state index contributed by atoms with van der Waals surface area (Å²) < 4.78 is 59.9. The van der Waals surface area contributed by atoms with Gasteiger partial charge in [-0.2, -0.15) is 8.42 Å². The Morgan fingerprint density at radius 2 is 1.97 bits per heavy atom. The van der Waals surface area contributed by atoms with E-state index in [1.54, 1.807) is 0 Å². The zero-order valence-corrected chi connectivity index (χ0v) is 19.1. The summed E-state index contributed by atoms with van der Waals surface area (Å²) in [6, 6.07) is 1.08. The van der Waals surface area contributed by atoms with Crippen LogP contribution in [0.4, 0.5) is 10.5 Å². The molecule has 1 aliphatic rings. The number of carbonyl (C=O) groups is 2. The van der Waals surface area contributed by atoms with E-state index in [0.717, 1.165) is 6.07 Å². The zero-order valence-electron chi connectivity index (χ0n) is 17.4. The number of hydrogen-bond acceptors (Lipinski definition) is 10. The highest BCUT2D eigenvalue weighted by Gasteiger charge is 2.40. The average molecular weight is 511 g/mol. The Morgan fingerprint density at radius 3 is 2.52 bits per heavy atom. The molecule has 0 aliphatic carbocycles. The monoisotopic (exact) mass is 511 g/mol. The maximum Gasteiger partial charge on any atom is 0.408 e. The second-order valence-electron chi connectivity index (χ2n) is 6.66. The summed E-state index contributed by atoms with van der Waals surface area (Å²) in [5.41, 5.74) is 4.95. The van der Waals surface area contributed by atoms with Gasteiger partial charge in [-0.1, -0.05) is 0 Å². The summed E-state index contributed by atoms with van der Waals surface area (Å²) in [6.45, 7) is -0.757. The molecule has 184 valence electrons. The quantitative estimate of drug-likeness (QED) is 0.152. The number of methoxy groups -OCH3 is 2. The van der Waals surface area contributed by atoms with Crippen LogP contribution in [0.5, 0.6) is 11.5 Å². The van der Waals surface area contributed by atoms with E-state index in [-0.39, 0.29) is 36.4 Å². The molecular weight excluding hydrogens is 489 g/mol. The molecule has 1 fully saturated rings. The first-order valence-corrected chi connectivity index (χ1v) is 12.3. The number of nitrogens with zero attached hydrogens (tertiary/aromatic N) is 2. The Kier molecular flexibility index (Phi) is 8.20. The van der Waals surface area contributed by atoms with Gasteiger partial charge in [-0.05, 0) is 18.9 Å². The Labute approximate surface area is 187 Å². The van der Waals surface area contributed by atoms with Crippen molar-refractivity contribution in [1.82, 2.24) is 14.5 Å². The van der Waals surface area contributed by atoms with Gasteiger partial charge < -0.3 is 19.5 Å². The van der Waals surface area contributed by atoms with E-state index in [1.807, 2.05) is 0 Å². The standard InChI is InChI=1S/C15H22N5O11PS/c1-29-12-6-9(11(20(23)24)7-13(12)30-2)8-31-15(22)17-10-4-3-5-19(14(10)21)32(16,25)18-33(26,27)28/h6-7,10H,3-5,8H2,1-2H3,(H,17,22)(H3,16,18,25)(H,26,27,28)/t10-,32-/m0/s1. The minimum Gasteiger partial charge on any atom is -0.493 e. The largest absolute Gasteiger partial charge is 0.493 e. The molecule has 2 rings (SSSR count). The van der Waals surface area contributed by atoms with Crippen LogP contribution < -0.4 is 24.8 Å². The minimum atomic E-state index is -4.97. The van der Waals surface area contributed by atoms with Crippen LogP contribution in [0.15, 0.2) is 12.1 Å². The third-order valence-corrected chi connectivity index (χ3v) is 7.54. The predicted molar refractivity (Wildman–Crippen MR) is 111 cm³/mol. The second kappa shape index (κ2) is 10.3. The Bertz CT molecular complexity index is 1100. The van der Waals surface area contributed by atoms with Gasteiger partial charge in [-0.25, -0.2) is 4.79 Å². The van der Waals surface area contributed by atoms with Gasteiger partial charge in [0.15, 0.2) is 11.5 Å². The number of carbonyl (C=O) groups excluding carboxylic acids is 2. The van der Waals surface area contributed by atoms with E-state index in [4.69, 9.17) is 24.3 Å². The van der Waals surface area contributed by atoms with Crippen LogP contribution in [0.2, 0.25) is 0 Å². The molecule has 18 heteroatoms. The highest BCUT2D eigenvalue weighted by atomic mass is 32.2. The van der Waals surface area contributed by atoms with Crippen molar-refractivity contribution < 1.29 is 46.3 Å². The lowest BCUT2D eigenvalue weighted by atomic mass is 10.1. The van der Waals surface area contributed by atoms with Crippen LogP contribution in [-0.4, -0.2) is 61.4 Å². The lowest BCUT2D eigenvalue weighted by Crippen LogP contribution is -2.53. The molecule has 1 heterocycles. The molecule has 0 spiro atoms. The molecule has 1 aromatic carbocycles. The van der Waals surface area contributed by atoms with Gasteiger partial charge in [0.05, 0.1) is 30.8 Å². The number of ether oxygens (including phenoxy) is 3. The molecule has 0 saturated carbocycles. The first kappa shape index (κ1) is 26.3. The number of nitro groups is 1. The van der Waals surface area contributed by atoms with E-state index < -0.39 is 53.2 Å². The smallest absolute Gasteiger partial charge is 0.408 e. The van der Waals surface area contributed by atoms with Crippen LogP contribution in [-0.2, 0) is 31.0 Å². The van der Waals surface area contributed by atoms with Crippen molar-refractivity contribution in [3.8, 4) is 11.5 Å². The summed E-state index contributed by atoms with van der Waals surface area (Å²) >= 11 is 0. The number of nitrogens with two attached hydrogens (primary N) is 1. The lowest BCUT2D eigenvalue weighted by Gasteiger charge is -2.35. The van der Waals surface area contributed by atoms with Crippen LogP contribution >= 0.6 is 7.59 Å². The average Bonchev–Trinajstić information content (AvgIpc) is 2.71. The van der Waals surface area contributed by atoms with Crippen molar-refractivity contribution >= 4 is 35.6 Å². The molecule has 1 saturated heterocycles. The number of benzene rings is 1. The fourth-order valence-corrected chi connectivity index (χ4v) is 5.61. The summed E-state index contributed by atoms with van der Waals surface area (Å²) in [5, 5.41) is 13.5. The summed E-state index contributed by atoms with van der Waals surface area (Å²) in [5.74, 6) is -0.725. The first-order valence-electron chi connectivity index (χ1n) is 9.08. The molecule has 0 radical (unpaired) electrons. The highest BCUT2D eigenvalue weighted by molar-refractivity contribution is 7.90. The van der Waals surface area contributed by atoms with Crippen LogP contribution in [0, 0.1) is 10.1 Å². The summed E-state index contributed by atoms with van der Waals surface area (Å²) in [7, 11) is -6.89. The van der Waals surface area contributed by atoms with E-state index >= 15 is 0 Å². The van der Waals surface area contributed by atoms with Gasteiger partial charge in [0.1, 0.15) is 12.6 Å². The van der Waals surface area contributed by atoms with E-state index in [0.29, 0.717) is 4.67 Å². The SMILES string of the molecule is COc1cc(COC(=O)N[C@H]2CCCN([P@@](N)(=O)NS(=O)(=O)O)C2=O)c([N+](=O)[O-])cc1OC. The number of nitro benzene ring substituents is 1. The zero-order chi connectivity index (χ0) is 25.0. The minimum absolute atomic E-state index is 0.0202. The molecular formula is C15H22N5O11PS. The van der Waals surface area contributed by atoms with Crippen molar-refractivity contribution in [3.63, 3.8) is 0 Å². The number of amides is 2. The van der Waals surface area contributed by atoms with Crippen molar-refractivity contribution in [3.05, 3.63) is 27.8 Å². The predicted octanol–water partition coefficient (Wildman–Crippen LogP) is 0.288. The van der Waals surface area contributed by atoms with Gasteiger partial charge in [0, 0.05) is 6.54 Å². The van der Waals surface area contributed by atoms with Gasteiger partial charge in [-0.15, -0.1) is 4.49 Å². The van der Waals surface area contributed by atoms with Crippen LogP contribution in [0.3, 0.4) is 0 Å². The van der Waals surface area contributed by atoms with Gasteiger partial charge in [0.25, 0.3) is 11.6 Å². The van der Waals surface area contributed by atoms with Crippen LogP contribution in [0.25, 0.3) is 0 Å². The van der Waals surface area contributed by atoms with Crippen molar-refractivity contribution in [2.75, 3.05) is 20.8 Å².